The van der Waals surface area contributed by atoms with E-state index in [0.29, 0.717) is 23.5 Å². The predicted molar refractivity (Wildman–Crippen MR) is 111 cm³/mol. The molecule has 3 N–H and O–H groups in total. The van der Waals surface area contributed by atoms with Gasteiger partial charge in [-0.05, 0) is 42.0 Å². The molecule has 2 aromatic carbocycles. The number of para-hydroxylation sites is 1. The van der Waals surface area contributed by atoms with Crippen LogP contribution in [-0.4, -0.2) is 10.9 Å². The van der Waals surface area contributed by atoms with E-state index in [2.05, 4.69) is 10.4 Å². The number of furan rings is 1. The fourth-order valence-corrected chi connectivity index (χ4v) is 2.96. The first kappa shape index (κ1) is 18.5. The van der Waals surface area contributed by atoms with E-state index in [0.717, 1.165) is 22.2 Å². The lowest BCUT2D eigenvalue weighted by Gasteiger charge is -2.09. The first-order chi connectivity index (χ1) is 14.2. The van der Waals surface area contributed by atoms with Crippen LogP contribution in [0.25, 0.3) is 22.6 Å². The van der Waals surface area contributed by atoms with Crippen molar-refractivity contribution in [2.24, 2.45) is 5.84 Å². The third-order valence-corrected chi connectivity index (χ3v) is 4.44. The standard InChI is InChI=1S/C23H19N3O3/c24-26-23(27)21(13-16-11-12-28-14-16)17-6-9-20(10-7-17)29-15-19-8-5-18-3-1-2-4-22(18)25-19/h1-14H,15,24H2,(H,26,27)/b21-13+. The fourth-order valence-electron chi connectivity index (χ4n) is 2.96. The molecule has 4 rings (SSSR count). The maximum absolute atomic E-state index is 12.2. The Bertz CT molecular complexity index is 1150. The molecular weight excluding hydrogens is 366 g/mol. The van der Waals surface area contributed by atoms with Crippen molar-refractivity contribution in [2.45, 2.75) is 6.61 Å². The zero-order chi connectivity index (χ0) is 20.1. The van der Waals surface area contributed by atoms with Crippen LogP contribution in [0, 0.1) is 0 Å². The van der Waals surface area contributed by atoms with Crippen LogP contribution in [0.15, 0.2) is 83.7 Å². The molecule has 0 atom stereocenters. The van der Waals surface area contributed by atoms with Gasteiger partial charge in [0.15, 0.2) is 0 Å². The van der Waals surface area contributed by atoms with Crippen molar-refractivity contribution in [1.29, 1.82) is 0 Å². The summed E-state index contributed by atoms with van der Waals surface area (Å²) in [6.45, 7) is 0.352. The molecule has 0 aliphatic heterocycles. The van der Waals surface area contributed by atoms with Crippen molar-refractivity contribution in [3.8, 4) is 5.75 Å². The summed E-state index contributed by atoms with van der Waals surface area (Å²) < 4.78 is 10.9. The zero-order valence-corrected chi connectivity index (χ0v) is 15.5. The van der Waals surface area contributed by atoms with Gasteiger partial charge in [0.05, 0.1) is 23.7 Å². The minimum atomic E-state index is -0.389. The van der Waals surface area contributed by atoms with Crippen molar-refractivity contribution < 1.29 is 13.9 Å². The third-order valence-electron chi connectivity index (χ3n) is 4.44. The normalized spacial score (nSPS) is 11.4. The summed E-state index contributed by atoms with van der Waals surface area (Å²) in [6, 6.07) is 20.9. The van der Waals surface area contributed by atoms with Crippen LogP contribution in [0.1, 0.15) is 16.8 Å². The quantitative estimate of drug-likeness (QED) is 0.227. The second kappa shape index (κ2) is 8.41. The molecule has 4 aromatic rings. The Morgan fingerprint density at radius 1 is 1.07 bits per heavy atom. The maximum atomic E-state index is 12.2. The highest BCUT2D eigenvalue weighted by molar-refractivity contribution is 6.24. The molecule has 0 saturated heterocycles. The lowest BCUT2D eigenvalue weighted by Crippen LogP contribution is -2.30. The van der Waals surface area contributed by atoms with E-state index in [4.69, 9.17) is 15.0 Å². The van der Waals surface area contributed by atoms with Crippen molar-refractivity contribution in [1.82, 2.24) is 10.4 Å². The molecule has 0 bridgehead atoms. The number of ether oxygens (including phenoxy) is 1. The van der Waals surface area contributed by atoms with Crippen molar-refractivity contribution >= 4 is 28.5 Å². The van der Waals surface area contributed by atoms with Crippen molar-refractivity contribution in [2.75, 3.05) is 0 Å². The minimum absolute atomic E-state index is 0.352. The largest absolute Gasteiger partial charge is 0.487 e. The van der Waals surface area contributed by atoms with Gasteiger partial charge in [-0.2, -0.15) is 0 Å². The highest BCUT2D eigenvalue weighted by atomic mass is 16.5. The molecule has 6 nitrogen and oxygen atoms in total. The van der Waals surface area contributed by atoms with Crippen molar-refractivity contribution in [3.63, 3.8) is 0 Å². The highest BCUT2D eigenvalue weighted by Gasteiger charge is 2.11. The van der Waals surface area contributed by atoms with E-state index in [1.165, 1.54) is 0 Å². The van der Waals surface area contributed by atoms with E-state index in [1.54, 1.807) is 24.7 Å². The second-order valence-electron chi connectivity index (χ2n) is 6.40. The lowest BCUT2D eigenvalue weighted by atomic mass is 10.0. The van der Waals surface area contributed by atoms with Gasteiger partial charge in [0.25, 0.3) is 5.91 Å². The Balaban J connectivity index is 1.49. The van der Waals surface area contributed by atoms with Gasteiger partial charge in [-0.1, -0.05) is 36.4 Å². The molecule has 2 aromatic heterocycles. The molecule has 0 fully saturated rings. The Kier molecular flexibility index (Phi) is 5.36. The SMILES string of the molecule is NNC(=O)/C(=C/c1ccoc1)c1ccc(OCc2ccc3ccccc3n2)cc1. The number of carbonyl (C=O) groups is 1. The van der Waals surface area contributed by atoms with E-state index in [1.807, 2.05) is 60.7 Å². The number of benzene rings is 2. The highest BCUT2D eigenvalue weighted by Crippen LogP contribution is 2.22. The zero-order valence-electron chi connectivity index (χ0n) is 15.5. The number of carbonyl (C=O) groups excluding carboxylic acids is 1. The summed E-state index contributed by atoms with van der Waals surface area (Å²) in [5.74, 6) is 5.62. The Morgan fingerprint density at radius 2 is 1.90 bits per heavy atom. The molecule has 0 radical (unpaired) electrons. The monoisotopic (exact) mass is 385 g/mol. The summed E-state index contributed by atoms with van der Waals surface area (Å²) in [5, 5.41) is 1.09. The van der Waals surface area contributed by atoms with Gasteiger partial charge in [-0.3, -0.25) is 10.2 Å². The van der Waals surface area contributed by atoms with Gasteiger partial charge in [-0.15, -0.1) is 0 Å². The van der Waals surface area contributed by atoms with E-state index >= 15 is 0 Å². The number of nitrogens with one attached hydrogen (secondary N) is 1. The number of fused-ring (bicyclic) bond motifs is 1. The Morgan fingerprint density at radius 3 is 2.66 bits per heavy atom. The number of hydrogen-bond donors (Lipinski definition) is 2. The first-order valence-corrected chi connectivity index (χ1v) is 9.06. The summed E-state index contributed by atoms with van der Waals surface area (Å²) in [4.78, 5) is 16.8. The Hall–Kier alpha value is -3.90. The molecule has 0 aliphatic carbocycles. The van der Waals surface area contributed by atoms with E-state index in [-0.39, 0.29) is 5.91 Å². The maximum Gasteiger partial charge on any atom is 0.265 e. The van der Waals surface area contributed by atoms with Crippen LogP contribution in [0.2, 0.25) is 0 Å². The number of hydrogen-bond acceptors (Lipinski definition) is 5. The number of aromatic nitrogens is 1. The van der Waals surface area contributed by atoms with E-state index < -0.39 is 0 Å². The van der Waals surface area contributed by atoms with Gasteiger partial charge in [0.1, 0.15) is 12.4 Å². The molecule has 0 saturated carbocycles. The van der Waals surface area contributed by atoms with Gasteiger partial charge in [0, 0.05) is 16.5 Å². The number of rotatable bonds is 6. The topological polar surface area (TPSA) is 90.4 Å². The molecule has 144 valence electrons. The van der Waals surface area contributed by atoms with Gasteiger partial charge >= 0.3 is 0 Å². The minimum Gasteiger partial charge on any atom is -0.487 e. The summed E-state index contributed by atoms with van der Waals surface area (Å²) in [5.41, 5.74) is 5.86. The van der Waals surface area contributed by atoms with Crippen LogP contribution in [0.5, 0.6) is 5.75 Å². The average molecular weight is 385 g/mol. The second-order valence-corrected chi connectivity index (χ2v) is 6.40. The van der Waals surface area contributed by atoms with Gasteiger partial charge in [-0.25, -0.2) is 10.8 Å². The number of nitrogens with zero attached hydrogens (tertiary/aromatic N) is 1. The fraction of sp³-hybridized carbons (Fsp3) is 0.0435. The third kappa shape index (κ3) is 4.34. The molecule has 1 amide bonds. The molecule has 6 heteroatoms. The van der Waals surface area contributed by atoms with Crippen LogP contribution in [0.4, 0.5) is 0 Å². The molecule has 0 spiro atoms. The predicted octanol–water partition coefficient (Wildman–Crippen LogP) is 3.94. The average Bonchev–Trinajstić information content (AvgIpc) is 3.29. The van der Waals surface area contributed by atoms with Crippen LogP contribution >= 0.6 is 0 Å². The van der Waals surface area contributed by atoms with Gasteiger partial charge in [0.2, 0.25) is 0 Å². The molecule has 0 unspecified atom stereocenters. The lowest BCUT2D eigenvalue weighted by molar-refractivity contribution is -0.115. The van der Waals surface area contributed by atoms with Crippen molar-refractivity contribution in [3.05, 3.63) is 96.1 Å². The first-order valence-electron chi connectivity index (χ1n) is 9.06. The van der Waals surface area contributed by atoms with Gasteiger partial charge < -0.3 is 9.15 Å². The van der Waals surface area contributed by atoms with Crippen LogP contribution in [-0.2, 0) is 11.4 Å². The number of amides is 1. The number of nitrogens with two attached hydrogens (primary N) is 1. The number of pyridine rings is 1. The molecule has 0 aliphatic rings. The number of hydrazine groups is 1. The molecule has 2 heterocycles. The molecule has 29 heavy (non-hydrogen) atoms. The molecular formula is C23H19N3O3. The van der Waals surface area contributed by atoms with Crippen LogP contribution < -0.4 is 16.0 Å². The summed E-state index contributed by atoms with van der Waals surface area (Å²) in [7, 11) is 0. The van der Waals surface area contributed by atoms with Crippen LogP contribution in [0.3, 0.4) is 0 Å². The smallest absolute Gasteiger partial charge is 0.265 e. The summed E-state index contributed by atoms with van der Waals surface area (Å²) in [6.07, 6.45) is 4.81. The summed E-state index contributed by atoms with van der Waals surface area (Å²) >= 11 is 0. The Labute approximate surface area is 167 Å². The van der Waals surface area contributed by atoms with E-state index in [9.17, 15) is 4.79 Å².